The van der Waals surface area contributed by atoms with Crippen LogP contribution in [0.5, 0.6) is 0 Å². The summed E-state index contributed by atoms with van der Waals surface area (Å²) in [4.78, 5) is 26.0. The maximum atomic E-state index is 13.8. The first kappa shape index (κ1) is 29.3. The molecule has 45 heavy (non-hydrogen) atoms. The number of rotatable bonds is 5. The van der Waals surface area contributed by atoms with Crippen LogP contribution in [-0.4, -0.2) is 46.2 Å². The zero-order valence-electron chi connectivity index (χ0n) is 26.1. The molecule has 7 nitrogen and oxygen atoms in total. The van der Waals surface area contributed by atoms with Gasteiger partial charge in [0.15, 0.2) is 23.5 Å². The average Bonchev–Trinajstić information content (AvgIpc) is 3.73. The van der Waals surface area contributed by atoms with Crippen LogP contribution in [0.25, 0.3) is 0 Å². The molecule has 7 heteroatoms. The van der Waals surface area contributed by atoms with Crippen molar-refractivity contribution in [3.05, 3.63) is 88.0 Å². The van der Waals surface area contributed by atoms with Crippen molar-refractivity contribution in [3.63, 3.8) is 0 Å². The molecule has 1 aliphatic heterocycles. The van der Waals surface area contributed by atoms with Crippen LogP contribution < -0.4 is 5.73 Å². The predicted octanol–water partition coefficient (Wildman–Crippen LogP) is 4.95. The van der Waals surface area contributed by atoms with Gasteiger partial charge in [-0.25, -0.2) is 0 Å². The zero-order valence-corrected chi connectivity index (χ0v) is 26.1. The van der Waals surface area contributed by atoms with Crippen molar-refractivity contribution in [2.75, 3.05) is 12.3 Å². The first-order valence-electron chi connectivity index (χ1n) is 16.7. The molecule has 0 aromatic heterocycles. The average molecular weight is 610 g/mol. The number of aliphatic hydroxyl groups excluding tert-OH is 2. The number of hydrogen-bond donors (Lipinski definition) is 3. The monoisotopic (exact) mass is 609 g/mol. The Labute approximate surface area is 264 Å². The second-order valence-electron chi connectivity index (χ2n) is 14.9. The molecule has 0 unspecified atom stereocenters. The molecule has 4 N–H and O–H groups in total. The molecule has 8 rings (SSSR count). The van der Waals surface area contributed by atoms with E-state index in [0.717, 1.165) is 55.3 Å². The summed E-state index contributed by atoms with van der Waals surface area (Å²) < 4.78 is 13.4. The van der Waals surface area contributed by atoms with Crippen LogP contribution in [-0.2, 0) is 38.3 Å². The highest BCUT2D eigenvalue weighted by Crippen LogP contribution is 2.70. The van der Waals surface area contributed by atoms with Crippen molar-refractivity contribution in [1.29, 1.82) is 0 Å². The SMILES string of the molecule is C[C@]12C=CC(=O)C=C1CC[C@@H]1[C@@H]2[C@@H](O)C[C@@]2(C)[C@H]1C[C@H]1O[C@@H](c3ccc(Cc4ccc(N)c5c4CCC5)cc3)O[C@]12C(=O)CO. The number of nitrogens with two attached hydrogens (primary N) is 1. The molecule has 4 fully saturated rings. The number of ether oxygens (including phenoxy) is 2. The number of ketones is 2. The Morgan fingerprint density at radius 3 is 2.62 bits per heavy atom. The van der Waals surface area contributed by atoms with Crippen LogP contribution >= 0.6 is 0 Å². The molecule has 0 spiro atoms. The zero-order chi connectivity index (χ0) is 31.3. The second-order valence-corrected chi connectivity index (χ2v) is 14.9. The van der Waals surface area contributed by atoms with Crippen molar-refractivity contribution in [2.45, 2.75) is 89.3 Å². The Kier molecular flexibility index (Phi) is 6.64. The molecule has 5 aliphatic carbocycles. The maximum absolute atomic E-state index is 13.8. The third-order valence-corrected chi connectivity index (χ3v) is 12.9. The minimum absolute atomic E-state index is 0.00795. The Bertz CT molecular complexity index is 1640. The first-order chi connectivity index (χ1) is 21.6. The van der Waals surface area contributed by atoms with Gasteiger partial charge in [-0.1, -0.05) is 55.8 Å². The lowest BCUT2D eigenvalue weighted by atomic mass is 9.46. The first-order valence-corrected chi connectivity index (χ1v) is 16.7. The standard InChI is InChI=1S/C38H43NO6/c1-36-15-14-25(41)17-24(36)11-12-28-29-18-33-38(32(43)20-40,37(29,2)19-31(42)34(28)36)45-35(44-33)22-8-6-21(7-9-22)16-23-10-13-30(39)27-5-3-4-26(23)27/h6-10,13-15,17,28-29,31,33-35,40,42H,3-5,11-12,16,18-20,39H2,1-2H3/t28-,29-,31-,33+,34+,35+,36-,37-,38+/m0/s1. The fourth-order valence-electron chi connectivity index (χ4n) is 10.8. The van der Waals surface area contributed by atoms with Crippen LogP contribution in [0.15, 0.2) is 60.2 Å². The Morgan fingerprint density at radius 2 is 1.84 bits per heavy atom. The third-order valence-electron chi connectivity index (χ3n) is 12.9. The molecule has 0 bridgehead atoms. The largest absolute Gasteiger partial charge is 0.398 e. The Balaban J connectivity index is 1.07. The molecule has 236 valence electrons. The van der Waals surface area contributed by atoms with Crippen LogP contribution in [0.1, 0.15) is 80.1 Å². The molecule has 2 aromatic rings. The fraction of sp³-hybridized carbons (Fsp3) is 0.526. The van der Waals surface area contributed by atoms with Gasteiger partial charge in [-0.05, 0) is 104 Å². The van der Waals surface area contributed by atoms with E-state index in [1.54, 1.807) is 12.2 Å². The van der Waals surface area contributed by atoms with E-state index >= 15 is 0 Å². The summed E-state index contributed by atoms with van der Waals surface area (Å²) in [5.41, 5.74) is 11.8. The van der Waals surface area contributed by atoms with Gasteiger partial charge < -0.3 is 25.4 Å². The van der Waals surface area contributed by atoms with Gasteiger partial charge in [-0.3, -0.25) is 9.59 Å². The van der Waals surface area contributed by atoms with Crippen molar-refractivity contribution in [1.82, 2.24) is 0 Å². The maximum Gasteiger partial charge on any atom is 0.193 e. The quantitative estimate of drug-likeness (QED) is 0.411. The number of nitrogen functional groups attached to an aromatic ring is 1. The Hall–Kier alpha value is -3.10. The van der Waals surface area contributed by atoms with Crippen molar-refractivity contribution < 1.29 is 29.3 Å². The van der Waals surface area contributed by atoms with Gasteiger partial charge in [0.2, 0.25) is 0 Å². The van der Waals surface area contributed by atoms with E-state index in [1.165, 1.54) is 22.3 Å². The number of fused-ring (bicyclic) bond motifs is 8. The lowest BCUT2D eigenvalue weighted by molar-refractivity contribution is -0.201. The Morgan fingerprint density at radius 1 is 1.07 bits per heavy atom. The summed E-state index contributed by atoms with van der Waals surface area (Å²) in [6, 6.07) is 12.4. The van der Waals surface area contributed by atoms with E-state index in [-0.39, 0.29) is 29.3 Å². The smallest absolute Gasteiger partial charge is 0.193 e. The lowest BCUT2D eigenvalue weighted by Gasteiger charge is -2.59. The van der Waals surface area contributed by atoms with E-state index in [9.17, 15) is 19.8 Å². The normalized spacial score (nSPS) is 39.5. The molecule has 1 heterocycles. The number of benzene rings is 2. The van der Waals surface area contributed by atoms with Crippen LogP contribution in [0, 0.1) is 28.6 Å². The van der Waals surface area contributed by atoms with E-state index < -0.39 is 41.5 Å². The lowest BCUT2D eigenvalue weighted by Crippen LogP contribution is -2.63. The summed E-state index contributed by atoms with van der Waals surface area (Å²) in [5.74, 6) is -0.224. The molecular formula is C38H43NO6. The predicted molar refractivity (Wildman–Crippen MR) is 169 cm³/mol. The van der Waals surface area contributed by atoms with Gasteiger partial charge in [-0.15, -0.1) is 0 Å². The minimum atomic E-state index is -1.35. The molecule has 0 amide bonds. The summed E-state index contributed by atoms with van der Waals surface area (Å²) >= 11 is 0. The number of aliphatic hydroxyl groups is 2. The van der Waals surface area contributed by atoms with Gasteiger partial charge >= 0.3 is 0 Å². The highest BCUT2D eigenvalue weighted by atomic mass is 16.7. The number of Topliss-reactive ketones (excluding diaryl/α,β-unsaturated/α-hetero) is 1. The molecule has 9 atom stereocenters. The molecular weight excluding hydrogens is 566 g/mol. The third kappa shape index (κ3) is 4.03. The van der Waals surface area contributed by atoms with E-state index in [1.807, 2.05) is 24.3 Å². The topological polar surface area (TPSA) is 119 Å². The molecule has 1 saturated heterocycles. The number of carbonyl (C=O) groups is 2. The van der Waals surface area contributed by atoms with Crippen molar-refractivity contribution in [2.24, 2.45) is 28.6 Å². The van der Waals surface area contributed by atoms with Crippen LogP contribution in [0.4, 0.5) is 5.69 Å². The fourth-order valence-corrected chi connectivity index (χ4v) is 10.8. The van der Waals surface area contributed by atoms with E-state index in [2.05, 4.69) is 32.0 Å². The second kappa shape index (κ2) is 10.2. The molecule has 2 aromatic carbocycles. The molecule has 3 saturated carbocycles. The summed E-state index contributed by atoms with van der Waals surface area (Å²) in [6.45, 7) is 3.57. The van der Waals surface area contributed by atoms with Crippen molar-refractivity contribution >= 4 is 17.3 Å². The van der Waals surface area contributed by atoms with Crippen molar-refractivity contribution in [3.8, 4) is 0 Å². The van der Waals surface area contributed by atoms with Gasteiger partial charge in [0.25, 0.3) is 0 Å². The van der Waals surface area contributed by atoms with Gasteiger partial charge in [0.05, 0.1) is 12.2 Å². The number of carbonyl (C=O) groups excluding carboxylic acids is 2. The van der Waals surface area contributed by atoms with E-state index in [4.69, 9.17) is 15.2 Å². The van der Waals surface area contributed by atoms with Gasteiger partial charge in [-0.2, -0.15) is 0 Å². The minimum Gasteiger partial charge on any atom is -0.398 e. The summed E-state index contributed by atoms with van der Waals surface area (Å²) in [6.07, 6.45) is 10.1. The molecule has 6 aliphatic rings. The van der Waals surface area contributed by atoms with Gasteiger partial charge in [0.1, 0.15) is 6.61 Å². The van der Waals surface area contributed by atoms with Gasteiger partial charge in [0, 0.05) is 28.0 Å². The number of allylic oxidation sites excluding steroid dienone is 4. The highest BCUT2D eigenvalue weighted by molar-refractivity contribution is 6.01. The summed E-state index contributed by atoms with van der Waals surface area (Å²) in [7, 11) is 0. The highest BCUT2D eigenvalue weighted by Gasteiger charge is 2.75. The van der Waals surface area contributed by atoms with Crippen LogP contribution in [0.2, 0.25) is 0 Å². The number of anilines is 1. The summed E-state index contributed by atoms with van der Waals surface area (Å²) in [5, 5.41) is 22.1. The van der Waals surface area contributed by atoms with E-state index in [0.29, 0.717) is 12.8 Å². The van der Waals surface area contributed by atoms with Crippen LogP contribution in [0.3, 0.4) is 0 Å². The number of hydrogen-bond acceptors (Lipinski definition) is 7. The molecule has 0 radical (unpaired) electrons.